The minimum Gasteiger partial charge on any atom is -0.481 e. The Morgan fingerprint density at radius 2 is 1.70 bits per heavy atom. The van der Waals surface area contributed by atoms with Crippen molar-refractivity contribution in [2.45, 2.75) is 105 Å². The summed E-state index contributed by atoms with van der Waals surface area (Å²) in [6, 6.07) is 0. The lowest BCUT2D eigenvalue weighted by atomic mass is 9.40. The highest BCUT2D eigenvalue weighted by molar-refractivity contribution is 5.66. The summed E-state index contributed by atoms with van der Waals surface area (Å²) in [5, 5.41) is 19.7. The molecule has 0 bridgehead atoms. The molecule has 4 rings (SSSR count). The van der Waals surface area contributed by atoms with E-state index < -0.39 is 5.97 Å². The topological polar surface area (TPSA) is 57.5 Å². The molecule has 3 heteroatoms. The predicted octanol–water partition coefficient (Wildman–Crippen LogP) is 6.39. The Morgan fingerprint density at radius 3 is 2.37 bits per heavy atom. The van der Waals surface area contributed by atoms with Crippen molar-refractivity contribution in [2.75, 3.05) is 0 Å². The minimum atomic E-state index is -0.643. The maximum absolute atomic E-state index is 11.2. The van der Waals surface area contributed by atoms with Crippen molar-refractivity contribution >= 4 is 5.97 Å². The molecule has 4 unspecified atom stereocenters. The second kappa shape index (κ2) is 8.09. The highest BCUT2D eigenvalue weighted by Crippen LogP contribution is 2.70. The van der Waals surface area contributed by atoms with Crippen LogP contribution >= 0.6 is 0 Å². The van der Waals surface area contributed by atoms with Gasteiger partial charge in [-0.3, -0.25) is 4.79 Å². The lowest BCUT2D eigenvalue weighted by Gasteiger charge is -2.65. The summed E-state index contributed by atoms with van der Waals surface area (Å²) in [6.45, 7) is 12.4. The van der Waals surface area contributed by atoms with Gasteiger partial charge < -0.3 is 10.2 Å². The number of hydrogen-bond donors (Lipinski definition) is 2. The van der Waals surface area contributed by atoms with Crippen molar-refractivity contribution in [3.63, 3.8) is 0 Å². The van der Waals surface area contributed by atoms with E-state index in [1.165, 1.54) is 38.5 Å². The van der Waals surface area contributed by atoms with Gasteiger partial charge in [0, 0.05) is 6.42 Å². The molecule has 30 heavy (non-hydrogen) atoms. The van der Waals surface area contributed by atoms with Gasteiger partial charge in [0.25, 0.3) is 0 Å². The van der Waals surface area contributed by atoms with Crippen LogP contribution in [0.15, 0.2) is 0 Å². The molecule has 4 aliphatic carbocycles. The van der Waals surface area contributed by atoms with Crippen LogP contribution in [0.1, 0.15) is 98.8 Å². The van der Waals surface area contributed by atoms with E-state index >= 15 is 0 Å². The fourth-order valence-corrected chi connectivity index (χ4v) is 10.0. The summed E-state index contributed by atoms with van der Waals surface area (Å²) in [7, 11) is 0. The highest BCUT2D eigenvalue weighted by Gasteiger charge is 2.64. The maximum atomic E-state index is 11.2. The Labute approximate surface area is 184 Å². The van der Waals surface area contributed by atoms with Gasteiger partial charge in [-0.05, 0) is 110 Å². The molecule has 0 heterocycles. The largest absolute Gasteiger partial charge is 0.481 e. The number of carboxylic acid groups (broad SMARTS) is 1. The Bertz CT molecular complexity index is 646. The van der Waals surface area contributed by atoms with Crippen molar-refractivity contribution in [3.8, 4) is 0 Å². The normalized spacial score (nSPS) is 51.5. The van der Waals surface area contributed by atoms with Gasteiger partial charge in [-0.1, -0.05) is 41.0 Å². The Morgan fingerprint density at radius 1 is 1.03 bits per heavy atom. The van der Waals surface area contributed by atoms with Gasteiger partial charge >= 0.3 is 5.97 Å². The van der Waals surface area contributed by atoms with Crippen LogP contribution in [0.4, 0.5) is 0 Å². The van der Waals surface area contributed by atoms with Gasteiger partial charge in [0.2, 0.25) is 0 Å². The van der Waals surface area contributed by atoms with Crippen LogP contribution in [-0.4, -0.2) is 22.3 Å². The summed E-state index contributed by atoms with van der Waals surface area (Å²) in [5.74, 6) is 5.20. The fourth-order valence-electron chi connectivity index (χ4n) is 10.0. The highest BCUT2D eigenvalue weighted by atomic mass is 16.4. The van der Waals surface area contributed by atoms with Crippen LogP contribution in [0.2, 0.25) is 0 Å². The van der Waals surface area contributed by atoms with Gasteiger partial charge in [-0.25, -0.2) is 0 Å². The van der Waals surface area contributed by atoms with Crippen molar-refractivity contribution < 1.29 is 15.0 Å². The molecule has 172 valence electrons. The molecule has 0 aliphatic heterocycles. The van der Waals surface area contributed by atoms with Crippen molar-refractivity contribution in [3.05, 3.63) is 0 Å². The van der Waals surface area contributed by atoms with Gasteiger partial charge in [0.15, 0.2) is 0 Å². The molecule has 4 aliphatic rings. The van der Waals surface area contributed by atoms with E-state index in [0.717, 1.165) is 48.9 Å². The number of carboxylic acids is 1. The van der Waals surface area contributed by atoms with Crippen LogP contribution in [-0.2, 0) is 4.79 Å². The molecule has 4 saturated carbocycles. The van der Waals surface area contributed by atoms with E-state index in [1.807, 2.05) is 0 Å². The van der Waals surface area contributed by atoms with Crippen LogP contribution in [0.3, 0.4) is 0 Å². The number of fused-ring (bicyclic) bond motifs is 5. The quantitative estimate of drug-likeness (QED) is 0.544. The third-order valence-electron chi connectivity index (χ3n) is 11.4. The smallest absolute Gasteiger partial charge is 0.303 e. The molecule has 0 aromatic rings. The van der Waals surface area contributed by atoms with Crippen molar-refractivity contribution in [2.24, 2.45) is 58.2 Å². The molecule has 2 N–H and O–H groups in total. The summed E-state index contributed by atoms with van der Waals surface area (Å²) < 4.78 is 0. The van der Waals surface area contributed by atoms with E-state index in [9.17, 15) is 15.0 Å². The average Bonchev–Trinajstić information content (AvgIpc) is 3.05. The van der Waals surface area contributed by atoms with E-state index in [1.54, 1.807) is 0 Å². The second-order valence-corrected chi connectivity index (χ2v) is 12.4. The van der Waals surface area contributed by atoms with Crippen LogP contribution in [0.25, 0.3) is 0 Å². The summed E-state index contributed by atoms with van der Waals surface area (Å²) in [4.78, 5) is 11.2. The third-order valence-corrected chi connectivity index (χ3v) is 11.4. The van der Waals surface area contributed by atoms with Crippen LogP contribution in [0.5, 0.6) is 0 Å². The molecule has 0 amide bonds. The first-order chi connectivity index (χ1) is 14.1. The Balaban J connectivity index is 1.61. The number of carbonyl (C=O) groups is 1. The zero-order chi connectivity index (χ0) is 21.8. The van der Waals surface area contributed by atoms with Gasteiger partial charge in [-0.2, -0.15) is 0 Å². The number of hydrogen-bond acceptors (Lipinski definition) is 2. The van der Waals surface area contributed by atoms with Crippen molar-refractivity contribution in [1.29, 1.82) is 0 Å². The van der Waals surface area contributed by atoms with Crippen molar-refractivity contribution in [1.82, 2.24) is 0 Å². The first-order valence-electron chi connectivity index (χ1n) is 13.0. The fraction of sp³-hybridized carbons (Fsp3) is 0.963. The third kappa shape index (κ3) is 3.37. The molecule has 11 atom stereocenters. The van der Waals surface area contributed by atoms with E-state index in [0.29, 0.717) is 35.0 Å². The molecule has 0 aromatic carbocycles. The standard InChI is InChI=1S/C27H46O3/c1-6-19-17(3)25-21-9-8-20(16(2)7-10-24(29)30)26(21,4)14-12-22(25)27(5)13-11-18(28)15-23(19)27/h16-23,25,28H,6-15H2,1-5H3,(H,29,30)/t16-,17+,18-,19+,20?,21?,22?,23+,25?,26-,27-/m1/s1. The van der Waals surface area contributed by atoms with Crippen LogP contribution < -0.4 is 0 Å². The maximum Gasteiger partial charge on any atom is 0.303 e. The molecule has 3 nitrogen and oxygen atoms in total. The lowest BCUT2D eigenvalue weighted by Crippen LogP contribution is -2.59. The summed E-state index contributed by atoms with van der Waals surface area (Å²) >= 11 is 0. The van der Waals surface area contributed by atoms with Gasteiger partial charge in [0.05, 0.1) is 6.10 Å². The molecule has 0 spiro atoms. The van der Waals surface area contributed by atoms with E-state index in [4.69, 9.17) is 0 Å². The van der Waals surface area contributed by atoms with Gasteiger partial charge in [0.1, 0.15) is 0 Å². The predicted molar refractivity (Wildman–Crippen MR) is 121 cm³/mol. The summed E-state index contributed by atoms with van der Waals surface area (Å²) in [5.41, 5.74) is 0.800. The number of aliphatic hydroxyl groups is 1. The van der Waals surface area contributed by atoms with Crippen LogP contribution in [0, 0.1) is 58.2 Å². The number of rotatable bonds is 5. The second-order valence-electron chi connectivity index (χ2n) is 12.4. The first kappa shape index (κ1) is 22.6. The van der Waals surface area contributed by atoms with E-state index in [-0.39, 0.29) is 6.10 Å². The zero-order valence-corrected chi connectivity index (χ0v) is 20.1. The first-order valence-corrected chi connectivity index (χ1v) is 13.0. The molecular weight excluding hydrogens is 372 g/mol. The average molecular weight is 419 g/mol. The molecule has 4 fully saturated rings. The molecule has 0 saturated heterocycles. The number of aliphatic carboxylic acids is 1. The Kier molecular flexibility index (Phi) is 6.10. The monoisotopic (exact) mass is 418 g/mol. The summed E-state index contributed by atoms with van der Waals surface area (Å²) in [6.07, 6.45) is 10.9. The molecular formula is C27H46O3. The molecule has 0 aromatic heterocycles. The number of aliphatic hydroxyl groups excluding tert-OH is 1. The Hall–Kier alpha value is -0.570. The van der Waals surface area contributed by atoms with E-state index in [2.05, 4.69) is 34.6 Å². The SMILES string of the molecule is CC[C@H]1[C@H](C)C2C3CCC([C@H](C)CCC(=O)O)[C@@]3(C)CCC2[C@@]2(C)CC[C@@H](O)C[C@@H]12. The zero-order valence-electron chi connectivity index (χ0n) is 20.1. The lowest BCUT2D eigenvalue weighted by molar-refractivity contribution is -0.177. The molecule has 0 radical (unpaired) electrons. The minimum absolute atomic E-state index is 0.0827. The van der Waals surface area contributed by atoms with Gasteiger partial charge in [-0.15, -0.1) is 0 Å².